The van der Waals surface area contributed by atoms with Crippen molar-refractivity contribution < 1.29 is 4.74 Å². The molecule has 0 bridgehead atoms. The average molecular weight is 254 g/mol. The lowest BCUT2D eigenvalue weighted by Gasteiger charge is -2.09. The highest BCUT2D eigenvalue weighted by atomic mass is 16.5. The SMILES string of the molecule is C.CB(C)c1ccc(Oc2ccc(C)c(C)c2)cc1. The first-order valence-electron chi connectivity index (χ1n) is 6.41. The Morgan fingerprint density at radius 1 is 0.789 bits per heavy atom. The maximum atomic E-state index is 5.85. The Morgan fingerprint density at radius 2 is 1.37 bits per heavy atom. The van der Waals surface area contributed by atoms with Gasteiger partial charge < -0.3 is 4.74 Å². The van der Waals surface area contributed by atoms with Gasteiger partial charge in [-0.15, -0.1) is 0 Å². The zero-order valence-corrected chi connectivity index (χ0v) is 11.5. The van der Waals surface area contributed by atoms with Crippen LogP contribution in [0.3, 0.4) is 0 Å². The second-order valence-corrected chi connectivity index (χ2v) is 5.07. The normalized spacial score (nSPS) is 9.68. The fraction of sp³-hybridized carbons (Fsp3) is 0.294. The van der Waals surface area contributed by atoms with Gasteiger partial charge >= 0.3 is 0 Å². The lowest BCUT2D eigenvalue weighted by molar-refractivity contribution is 0.482. The summed E-state index contributed by atoms with van der Waals surface area (Å²) in [7, 11) is 0. The van der Waals surface area contributed by atoms with Crippen molar-refractivity contribution in [2.24, 2.45) is 0 Å². The first-order chi connectivity index (χ1) is 8.56. The Morgan fingerprint density at radius 3 is 1.89 bits per heavy atom. The van der Waals surface area contributed by atoms with E-state index < -0.39 is 0 Å². The van der Waals surface area contributed by atoms with Gasteiger partial charge in [-0.25, -0.2) is 0 Å². The van der Waals surface area contributed by atoms with Gasteiger partial charge in [0.15, 0.2) is 6.71 Å². The number of hydrogen-bond acceptors (Lipinski definition) is 1. The molecule has 2 aromatic carbocycles. The minimum Gasteiger partial charge on any atom is -0.457 e. The molecule has 19 heavy (non-hydrogen) atoms. The molecule has 2 aromatic rings. The van der Waals surface area contributed by atoms with Crippen LogP contribution >= 0.6 is 0 Å². The van der Waals surface area contributed by atoms with E-state index in [0.717, 1.165) is 11.5 Å². The van der Waals surface area contributed by atoms with Crippen LogP contribution in [0.4, 0.5) is 0 Å². The standard InChI is InChI=1S/C16H19BO.CH4/c1-12-5-8-16(11-13(12)2)18-15-9-6-14(7-10-15)17(3)4;/h5-11H,1-4H3;1H4. The van der Waals surface area contributed by atoms with Crippen molar-refractivity contribution in [3.63, 3.8) is 0 Å². The highest BCUT2D eigenvalue weighted by molar-refractivity contribution is 6.70. The molecular weight excluding hydrogens is 231 g/mol. The van der Waals surface area contributed by atoms with Crippen molar-refractivity contribution in [1.29, 1.82) is 0 Å². The van der Waals surface area contributed by atoms with Crippen molar-refractivity contribution in [1.82, 2.24) is 0 Å². The molecule has 0 fully saturated rings. The predicted octanol–water partition coefficient (Wildman–Crippen LogP) is 4.69. The molecule has 0 aliphatic carbocycles. The van der Waals surface area contributed by atoms with Gasteiger partial charge in [-0.2, -0.15) is 0 Å². The van der Waals surface area contributed by atoms with Gasteiger partial charge in [-0.05, 0) is 49.2 Å². The molecule has 2 rings (SSSR count). The van der Waals surface area contributed by atoms with E-state index in [1.54, 1.807) is 0 Å². The topological polar surface area (TPSA) is 9.23 Å². The molecule has 0 aliphatic rings. The molecule has 1 nitrogen and oxygen atoms in total. The monoisotopic (exact) mass is 254 g/mol. The third-order valence-electron chi connectivity index (χ3n) is 3.26. The first-order valence-corrected chi connectivity index (χ1v) is 6.41. The van der Waals surface area contributed by atoms with E-state index in [2.05, 4.69) is 51.8 Å². The first kappa shape index (κ1) is 15.4. The zero-order valence-electron chi connectivity index (χ0n) is 11.5. The molecule has 2 heteroatoms. The van der Waals surface area contributed by atoms with E-state index in [-0.39, 0.29) is 7.43 Å². The number of ether oxygens (including phenoxy) is 1. The van der Waals surface area contributed by atoms with Gasteiger partial charge in [-0.1, -0.05) is 44.7 Å². The molecule has 0 radical (unpaired) electrons. The Kier molecular flexibility index (Phi) is 5.23. The molecule has 0 N–H and O–H groups in total. The zero-order chi connectivity index (χ0) is 13.1. The van der Waals surface area contributed by atoms with Crippen molar-refractivity contribution in [2.75, 3.05) is 0 Å². The summed E-state index contributed by atoms with van der Waals surface area (Å²) in [4.78, 5) is 0. The number of benzene rings is 2. The Balaban J connectivity index is 0.00000180. The summed E-state index contributed by atoms with van der Waals surface area (Å²) in [5, 5.41) is 0. The number of hydrogen-bond donors (Lipinski definition) is 0. The summed E-state index contributed by atoms with van der Waals surface area (Å²) in [6.07, 6.45) is 0. The van der Waals surface area contributed by atoms with E-state index >= 15 is 0 Å². The quantitative estimate of drug-likeness (QED) is 0.722. The third-order valence-corrected chi connectivity index (χ3v) is 3.26. The number of aryl methyl sites for hydroxylation is 2. The fourth-order valence-electron chi connectivity index (χ4n) is 1.83. The lowest BCUT2D eigenvalue weighted by atomic mass is 9.49. The van der Waals surface area contributed by atoms with Crippen LogP contribution < -0.4 is 10.2 Å². The molecule has 0 heterocycles. The van der Waals surface area contributed by atoms with Crippen LogP contribution in [0.5, 0.6) is 11.5 Å². The molecule has 0 unspecified atom stereocenters. The van der Waals surface area contributed by atoms with Gasteiger partial charge in [0.05, 0.1) is 0 Å². The minimum absolute atomic E-state index is 0. The van der Waals surface area contributed by atoms with Crippen LogP contribution in [-0.2, 0) is 0 Å². The Hall–Kier alpha value is -1.70. The lowest BCUT2D eigenvalue weighted by Crippen LogP contribution is -2.21. The number of rotatable bonds is 3. The fourth-order valence-corrected chi connectivity index (χ4v) is 1.83. The predicted molar refractivity (Wildman–Crippen MR) is 86.3 cm³/mol. The summed E-state index contributed by atoms with van der Waals surface area (Å²) in [5.74, 6) is 1.79. The van der Waals surface area contributed by atoms with E-state index in [1.807, 2.05) is 18.2 Å². The van der Waals surface area contributed by atoms with E-state index in [0.29, 0.717) is 6.71 Å². The van der Waals surface area contributed by atoms with Gasteiger partial charge in [0.1, 0.15) is 11.5 Å². The average Bonchev–Trinajstić information content (AvgIpc) is 2.34. The second-order valence-electron chi connectivity index (χ2n) is 5.07. The van der Waals surface area contributed by atoms with Gasteiger partial charge in [0, 0.05) is 0 Å². The van der Waals surface area contributed by atoms with Gasteiger partial charge in [0.2, 0.25) is 0 Å². The smallest absolute Gasteiger partial charge is 0.169 e. The second kappa shape index (κ2) is 6.47. The molecule has 0 saturated carbocycles. The third kappa shape index (κ3) is 3.89. The summed E-state index contributed by atoms with van der Waals surface area (Å²) >= 11 is 0. The summed E-state index contributed by atoms with van der Waals surface area (Å²) < 4.78 is 5.85. The molecule has 0 aromatic heterocycles. The van der Waals surface area contributed by atoms with E-state index in [9.17, 15) is 0 Å². The highest BCUT2D eigenvalue weighted by Crippen LogP contribution is 2.22. The minimum atomic E-state index is 0. The summed E-state index contributed by atoms with van der Waals surface area (Å²) in [5.41, 5.74) is 3.88. The Labute approximate surface area is 117 Å². The van der Waals surface area contributed by atoms with Crippen LogP contribution in [0.15, 0.2) is 42.5 Å². The molecular formula is C17H23BO. The Bertz CT molecular complexity index is 529. The molecule has 0 saturated heterocycles. The van der Waals surface area contributed by atoms with Crippen molar-refractivity contribution in [2.45, 2.75) is 34.9 Å². The maximum Gasteiger partial charge on any atom is 0.169 e. The van der Waals surface area contributed by atoms with Crippen molar-refractivity contribution in [3.8, 4) is 11.5 Å². The van der Waals surface area contributed by atoms with Crippen molar-refractivity contribution >= 4 is 12.2 Å². The molecule has 0 atom stereocenters. The largest absolute Gasteiger partial charge is 0.457 e. The van der Waals surface area contributed by atoms with Gasteiger partial charge in [0.25, 0.3) is 0 Å². The van der Waals surface area contributed by atoms with Crippen LogP contribution in [0.1, 0.15) is 18.6 Å². The van der Waals surface area contributed by atoms with E-state index in [1.165, 1.54) is 16.6 Å². The maximum absolute atomic E-state index is 5.85. The summed E-state index contributed by atoms with van der Waals surface area (Å²) in [6, 6.07) is 14.5. The van der Waals surface area contributed by atoms with Crippen molar-refractivity contribution in [3.05, 3.63) is 53.6 Å². The molecule has 0 amide bonds. The molecule has 0 aliphatic heterocycles. The van der Waals surface area contributed by atoms with E-state index in [4.69, 9.17) is 4.74 Å². The summed E-state index contributed by atoms with van der Waals surface area (Å²) in [6.45, 7) is 9.15. The van der Waals surface area contributed by atoms with Crippen LogP contribution in [0.25, 0.3) is 0 Å². The van der Waals surface area contributed by atoms with Crippen LogP contribution in [0.2, 0.25) is 13.6 Å². The molecule has 100 valence electrons. The molecule has 0 spiro atoms. The van der Waals surface area contributed by atoms with Crippen LogP contribution in [0, 0.1) is 13.8 Å². The van der Waals surface area contributed by atoms with Gasteiger partial charge in [-0.3, -0.25) is 0 Å². The van der Waals surface area contributed by atoms with Crippen LogP contribution in [-0.4, -0.2) is 6.71 Å². The highest BCUT2D eigenvalue weighted by Gasteiger charge is 2.03.